The van der Waals surface area contributed by atoms with E-state index in [1.54, 1.807) is 0 Å². The Hall–Kier alpha value is -1.94. The molecule has 19 heteroatoms. The van der Waals surface area contributed by atoms with Crippen LogP contribution in [0.4, 0.5) is 0 Å². The summed E-state index contributed by atoms with van der Waals surface area (Å²) >= 11 is 0. The Morgan fingerprint density at radius 1 is 0.278 bits per heavy atom. The van der Waals surface area contributed by atoms with Crippen molar-refractivity contribution in [3.8, 4) is 0 Å². The molecule has 5 atom stereocenters. The number of phosphoric ester groups is 2. The van der Waals surface area contributed by atoms with Gasteiger partial charge in [0, 0.05) is 25.7 Å². The second-order valence-corrected chi connectivity index (χ2v) is 31.5. The zero-order chi connectivity index (χ0) is 71.2. The first kappa shape index (κ1) is 95.1. The molecule has 0 aliphatic rings. The minimum atomic E-state index is -4.96. The van der Waals surface area contributed by atoms with Crippen molar-refractivity contribution in [1.82, 2.24) is 0 Å². The highest BCUT2D eigenvalue weighted by Crippen LogP contribution is 2.45. The molecule has 0 saturated heterocycles. The zero-order valence-corrected chi connectivity index (χ0v) is 65.0. The number of aliphatic hydroxyl groups excluding tert-OH is 1. The molecular formula is C78H152O17P2. The Labute approximate surface area is 594 Å². The summed E-state index contributed by atoms with van der Waals surface area (Å²) in [5.41, 5.74) is 0. The third-order valence-electron chi connectivity index (χ3n) is 18.3. The van der Waals surface area contributed by atoms with Gasteiger partial charge in [0.15, 0.2) is 12.2 Å². The van der Waals surface area contributed by atoms with Gasteiger partial charge in [-0.1, -0.05) is 362 Å². The summed E-state index contributed by atoms with van der Waals surface area (Å²) in [5, 5.41) is 10.6. The third kappa shape index (κ3) is 72.2. The number of phosphoric acid groups is 2. The number of hydrogen-bond donors (Lipinski definition) is 3. The molecule has 2 unspecified atom stereocenters. The van der Waals surface area contributed by atoms with Crippen molar-refractivity contribution in [1.29, 1.82) is 0 Å². The number of aliphatic hydroxyl groups is 1. The van der Waals surface area contributed by atoms with Crippen LogP contribution >= 0.6 is 15.6 Å². The van der Waals surface area contributed by atoms with Gasteiger partial charge in [0.05, 0.1) is 26.4 Å². The summed E-state index contributed by atoms with van der Waals surface area (Å²) in [6.45, 7) is 7.33. The fourth-order valence-corrected chi connectivity index (χ4v) is 13.6. The number of ether oxygens (including phenoxy) is 4. The first-order valence-electron chi connectivity index (χ1n) is 40.6. The first-order chi connectivity index (χ1) is 47.0. The molecule has 576 valence electrons. The zero-order valence-electron chi connectivity index (χ0n) is 63.2. The standard InChI is InChI=1S/C78H152O17P2/c1-6-9-12-15-18-21-23-25-28-33-37-42-47-52-57-62-76(81)89-68-74(95-78(83)64-59-54-49-44-39-35-31-27-30-32-36-41-45-50-55-60-71(4)5)70-93-97(86,87)91-66-72(79)65-90-96(84,85)92-69-73(67-88-75(80)61-56-51-46-40-20-17-14-11-8-3)94-77(82)63-58-53-48-43-38-34-29-26-24-22-19-16-13-10-7-2/h71-74,79H,6-70H2,1-5H3,(H,84,85)(H,86,87)/t72-,73+,74+/m0/s1. The molecule has 0 rings (SSSR count). The number of esters is 4. The normalized spacial score (nSPS) is 13.9. The summed E-state index contributed by atoms with van der Waals surface area (Å²) in [7, 11) is -9.91. The van der Waals surface area contributed by atoms with Gasteiger partial charge >= 0.3 is 39.5 Å². The molecular weight excluding hydrogens is 1270 g/mol. The Morgan fingerprint density at radius 2 is 0.474 bits per heavy atom. The van der Waals surface area contributed by atoms with Crippen molar-refractivity contribution >= 4 is 39.5 Å². The van der Waals surface area contributed by atoms with Gasteiger partial charge in [0.2, 0.25) is 0 Å². The monoisotopic (exact) mass is 1420 g/mol. The van der Waals surface area contributed by atoms with E-state index in [1.807, 2.05) is 0 Å². The van der Waals surface area contributed by atoms with E-state index < -0.39 is 97.5 Å². The highest BCUT2D eigenvalue weighted by atomic mass is 31.2. The second kappa shape index (κ2) is 71.1. The van der Waals surface area contributed by atoms with Gasteiger partial charge in [-0.15, -0.1) is 0 Å². The van der Waals surface area contributed by atoms with Gasteiger partial charge in [-0.3, -0.25) is 37.3 Å². The fraction of sp³-hybridized carbons (Fsp3) is 0.949. The van der Waals surface area contributed by atoms with Gasteiger partial charge < -0.3 is 33.8 Å². The average Bonchev–Trinajstić information content (AvgIpc) is 2.78. The molecule has 0 aromatic rings. The summed E-state index contributed by atoms with van der Waals surface area (Å²) in [6.07, 6.45) is 60.9. The minimum Gasteiger partial charge on any atom is -0.462 e. The maximum absolute atomic E-state index is 13.1. The largest absolute Gasteiger partial charge is 0.472 e. The van der Waals surface area contributed by atoms with Crippen LogP contribution in [-0.2, 0) is 65.4 Å². The summed E-state index contributed by atoms with van der Waals surface area (Å²) in [4.78, 5) is 72.9. The van der Waals surface area contributed by atoms with Gasteiger partial charge in [-0.05, 0) is 31.6 Å². The van der Waals surface area contributed by atoms with Crippen molar-refractivity contribution < 1.29 is 80.2 Å². The van der Waals surface area contributed by atoms with E-state index >= 15 is 0 Å². The Morgan fingerprint density at radius 3 is 0.701 bits per heavy atom. The third-order valence-corrected chi connectivity index (χ3v) is 20.2. The van der Waals surface area contributed by atoms with Crippen LogP contribution in [0.25, 0.3) is 0 Å². The Kier molecular flexibility index (Phi) is 69.6. The highest BCUT2D eigenvalue weighted by Gasteiger charge is 2.30. The second-order valence-electron chi connectivity index (χ2n) is 28.6. The molecule has 0 spiro atoms. The lowest BCUT2D eigenvalue weighted by molar-refractivity contribution is -0.161. The van der Waals surface area contributed by atoms with Crippen LogP contribution in [0, 0.1) is 5.92 Å². The Bertz CT molecular complexity index is 1860. The van der Waals surface area contributed by atoms with Crippen LogP contribution in [0.1, 0.15) is 413 Å². The van der Waals surface area contributed by atoms with E-state index in [9.17, 15) is 43.2 Å². The predicted molar refractivity (Wildman–Crippen MR) is 395 cm³/mol. The molecule has 97 heavy (non-hydrogen) atoms. The maximum Gasteiger partial charge on any atom is 0.472 e. The van der Waals surface area contributed by atoms with Crippen LogP contribution in [0.15, 0.2) is 0 Å². The number of rotatable bonds is 78. The maximum atomic E-state index is 13.1. The molecule has 0 aromatic carbocycles. The molecule has 3 N–H and O–H groups in total. The van der Waals surface area contributed by atoms with Gasteiger partial charge in [0.25, 0.3) is 0 Å². The molecule has 17 nitrogen and oxygen atoms in total. The van der Waals surface area contributed by atoms with Crippen LogP contribution in [-0.4, -0.2) is 96.7 Å². The molecule has 0 amide bonds. The van der Waals surface area contributed by atoms with Crippen LogP contribution < -0.4 is 0 Å². The fourth-order valence-electron chi connectivity index (χ4n) is 12.1. The molecule has 0 bridgehead atoms. The molecule has 0 radical (unpaired) electrons. The van der Waals surface area contributed by atoms with Crippen molar-refractivity contribution in [3.05, 3.63) is 0 Å². The SMILES string of the molecule is CCCCCCCCCCCCCCCCCC(=O)OC[C@H](COP(=O)(O)OC[C@@H](O)COP(=O)(O)OC[C@@H](COC(=O)CCCCCCCCCCC)OC(=O)CCCCCCCCCCCCCCCCC)OC(=O)CCCCCCCCCCCCCCCCCC(C)C. The number of carbonyl (C=O) groups is 4. The first-order valence-corrected chi connectivity index (χ1v) is 43.6. The number of unbranched alkanes of at least 4 members (excludes halogenated alkanes) is 50. The van der Waals surface area contributed by atoms with Crippen molar-refractivity contribution in [2.45, 2.75) is 432 Å². The van der Waals surface area contributed by atoms with Crippen molar-refractivity contribution in [2.75, 3.05) is 39.6 Å². The van der Waals surface area contributed by atoms with E-state index in [-0.39, 0.29) is 25.7 Å². The highest BCUT2D eigenvalue weighted by molar-refractivity contribution is 7.47. The number of carbonyl (C=O) groups excluding carboxylic acids is 4. The summed E-state index contributed by atoms with van der Waals surface area (Å²) in [6, 6.07) is 0. The molecule has 0 aromatic heterocycles. The molecule has 0 aliphatic carbocycles. The van der Waals surface area contributed by atoms with Gasteiger partial charge in [-0.2, -0.15) is 0 Å². The van der Waals surface area contributed by atoms with Gasteiger partial charge in [-0.25, -0.2) is 9.13 Å². The predicted octanol–water partition coefficient (Wildman–Crippen LogP) is 23.3. The molecule has 0 fully saturated rings. The average molecular weight is 1420 g/mol. The lowest BCUT2D eigenvalue weighted by atomic mass is 10.0. The quantitative estimate of drug-likeness (QED) is 0.0222. The minimum absolute atomic E-state index is 0.108. The van der Waals surface area contributed by atoms with Crippen LogP contribution in [0.5, 0.6) is 0 Å². The van der Waals surface area contributed by atoms with E-state index in [0.29, 0.717) is 25.7 Å². The summed E-state index contributed by atoms with van der Waals surface area (Å²) < 4.78 is 68.6. The number of hydrogen-bond acceptors (Lipinski definition) is 15. The van der Waals surface area contributed by atoms with Gasteiger partial charge in [0.1, 0.15) is 19.3 Å². The van der Waals surface area contributed by atoms with E-state index in [2.05, 4.69) is 34.6 Å². The van der Waals surface area contributed by atoms with Crippen molar-refractivity contribution in [3.63, 3.8) is 0 Å². The molecule has 0 heterocycles. The summed E-state index contributed by atoms with van der Waals surface area (Å²) in [5.74, 6) is -1.31. The lowest BCUT2D eigenvalue weighted by Crippen LogP contribution is -2.30. The van der Waals surface area contributed by atoms with E-state index in [1.165, 1.54) is 238 Å². The molecule has 0 aliphatic heterocycles. The van der Waals surface area contributed by atoms with Crippen molar-refractivity contribution in [2.24, 2.45) is 5.92 Å². The smallest absolute Gasteiger partial charge is 0.462 e. The van der Waals surface area contributed by atoms with Crippen LogP contribution in [0.3, 0.4) is 0 Å². The molecule has 0 saturated carbocycles. The lowest BCUT2D eigenvalue weighted by Gasteiger charge is -2.21. The van der Waals surface area contributed by atoms with Crippen LogP contribution in [0.2, 0.25) is 0 Å². The van der Waals surface area contributed by atoms with E-state index in [0.717, 1.165) is 95.8 Å². The Balaban J connectivity index is 5.22. The van der Waals surface area contributed by atoms with E-state index in [4.69, 9.17) is 37.0 Å². The topological polar surface area (TPSA) is 237 Å².